The zero-order chi connectivity index (χ0) is 11.1. The molecule has 15 heavy (non-hydrogen) atoms. The van der Waals surface area contributed by atoms with Gasteiger partial charge in [0.25, 0.3) is 0 Å². The average molecular weight is 209 g/mol. The molecule has 0 amide bonds. The molecule has 1 rings (SSSR count). The number of nitrogens with one attached hydrogen (secondary N) is 1. The summed E-state index contributed by atoms with van der Waals surface area (Å²) in [7, 11) is 0. The first-order valence-electron chi connectivity index (χ1n) is 5.92. The Kier molecular flexibility index (Phi) is 5.40. The first-order chi connectivity index (χ1) is 7.31. The molecule has 0 aromatic heterocycles. The second-order valence-electron chi connectivity index (χ2n) is 4.08. The summed E-state index contributed by atoms with van der Waals surface area (Å²) in [5, 5.41) is 3.77. The SMILES string of the molecule is C=NN/C(=C\C)C1CCCN(CC)CC1. The van der Waals surface area contributed by atoms with Crippen LogP contribution in [0.1, 0.15) is 33.1 Å². The molecule has 1 atom stereocenters. The summed E-state index contributed by atoms with van der Waals surface area (Å²) >= 11 is 0. The molecule has 0 aromatic rings. The van der Waals surface area contributed by atoms with Gasteiger partial charge in [-0.1, -0.05) is 13.0 Å². The van der Waals surface area contributed by atoms with Crippen molar-refractivity contribution in [2.24, 2.45) is 11.0 Å². The maximum Gasteiger partial charge on any atom is 0.0324 e. The summed E-state index contributed by atoms with van der Waals surface area (Å²) in [6, 6.07) is 0. The molecule has 1 heterocycles. The van der Waals surface area contributed by atoms with Crippen LogP contribution in [0.3, 0.4) is 0 Å². The highest BCUT2D eigenvalue weighted by molar-refractivity contribution is 5.23. The third-order valence-electron chi connectivity index (χ3n) is 3.23. The zero-order valence-corrected chi connectivity index (χ0v) is 10.00. The zero-order valence-electron chi connectivity index (χ0n) is 10.00. The Bertz CT molecular complexity index is 223. The minimum Gasteiger partial charge on any atom is -0.304 e. The first-order valence-corrected chi connectivity index (χ1v) is 5.92. The molecule has 1 saturated heterocycles. The minimum atomic E-state index is 0.636. The van der Waals surface area contributed by atoms with Crippen LogP contribution in [0.5, 0.6) is 0 Å². The van der Waals surface area contributed by atoms with Crippen LogP contribution in [0.4, 0.5) is 0 Å². The van der Waals surface area contributed by atoms with E-state index in [4.69, 9.17) is 0 Å². The molecular weight excluding hydrogens is 186 g/mol. The maximum absolute atomic E-state index is 3.77. The van der Waals surface area contributed by atoms with E-state index in [1.165, 1.54) is 44.6 Å². The molecule has 1 aliphatic rings. The van der Waals surface area contributed by atoms with Gasteiger partial charge in [-0.25, -0.2) is 0 Å². The van der Waals surface area contributed by atoms with Crippen LogP contribution in [0, 0.1) is 5.92 Å². The molecule has 1 aliphatic heterocycles. The third kappa shape index (κ3) is 3.67. The third-order valence-corrected chi connectivity index (χ3v) is 3.23. The second-order valence-corrected chi connectivity index (χ2v) is 4.08. The lowest BCUT2D eigenvalue weighted by atomic mass is 9.97. The second kappa shape index (κ2) is 6.62. The summed E-state index contributed by atoms with van der Waals surface area (Å²) in [6.45, 7) is 11.4. The van der Waals surface area contributed by atoms with Crippen molar-refractivity contribution in [1.82, 2.24) is 10.3 Å². The topological polar surface area (TPSA) is 27.6 Å². The normalized spacial score (nSPS) is 24.7. The van der Waals surface area contributed by atoms with Crippen LogP contribution < -0.4 is 5.43 Å². The predicted molar refractivity (Wildman–Crippen MR) is 65.9 cm³/mol. The summed E-state index contributed by atoms with van der Waals surface area (Å²) in [6.07, 6.45) is 5.91. The summed E-state index contributed by atoms with van der Waals surface area (Å²) in [5.41, 5.74) is 4.26. The van der Waals surface area contributed by atoms with Gasteiger partial charge in [-0.05, 0) is 45.8 Å². The Hall–Kier alpha value is -0.830. The van der Waals surface area contributed by atoms with Crippen molar-refractivity contribution in [1.29, 1.82) is 0 Å². The molecular formula is C12H23N3. The van der Waals surface area contributed by atoms with Gasteiger partial charge in [-0.2, -0.15) is 5.10 Å². The Labute approximate surface area is 93.2 Å². The van der Waals surface area contributed by atoms with E-state index in [1.807, 2.05) is 0 Å². The number of nitrogens with zero attached hydrogens (tertiary/aromatic N) is 2. The summed E-state index contributed by atoms with van der Waals surface area (Å²) < 4.78 is 0. The smallest absolute Gasteiger partial charge is 0.0324 e. The van der Waals surface area contributed by atoms with Crippen molar-refractivity contribution in [2.45, 2.75) is 33.1 Å². The van der Waals surface area contributed by atoms with E-state index in [0.717, 1.165) is 0 Å². The fourth-order valence-corrected chi connectivity index (χ4v) is 2.27. The Morgan fingerprint density at radius 3 is 2.93 bits per heavy atom. The number of likely N-dealkylation sites (tertiary alicyclic amines) is 1. The highest BCUT2D eigenvalue weighted by Crippen LogP contribution is 2.23. The first kappa shape index (κ1) is 12.2. The van der Waals surface area contributed by atoms with E-state index in [2.05, 4.69) is 42.1 Å². The quantitative estimate of drug-likeness (QED) is 0.568. The molecule has 0 saturated carbocycles. The van der Waals surface area contributed by atoms with Gasteiger partial charge in [0.05, 0.1) is 0 Å². The van der Waals surface area contributed by atoms with Gasteiger partial charge >= 0.3 is 0 Å². The lowest BCUT2D eigenvalue weighted by Crippen LogP contribution is -2.24. The standard InChI is InChI=1S/C12H23N3/c1-4-12(14-13-3)11-7-6-9-15(5-2)10-8-11/h4,11,14H,3,5-10H2,1-2H3/b12-4-. The number of hydrogen-bond acceptors (Lipinski definition) is 3. The molecule has 0 aromatic carbocycles. The van der Waals surface area contributed by atoms with Crippen LogP contribution in [-0.2, 0) is 0 Å². The molecule has 0 radical (unpaired) electrons. The number of hydrogen-bond donors (Lipinski definition) is 1. The Balaban J connectivity index is 2.52. The van der Waals surface area contributed by atoms with Crippen molar-refractivity contribution in [3.63, 3.8) is 0 Å². The van der Waals surface area contributed by atoms with Gasteiger partial charge in [-0.15, -0.1) is 0 Å². The highest BCUT2D eigenvalue weighted by Gasteiger charge is 2.18. The van der Waals surface area contributed by atoms with Crippen molar-refractivity contribution < 1.29 is 0 Å². The van der Waals surface area contributed by atoms with E-state index in [0.29, 0.717) is 5.92 Å². The van der Waals surface area contributed by atoms with E-state index in [-0.39, 0.29) is 0 Å². The molecule has 3 nitrogen and oxygen atoms in total. The number of allylic oxidation sites excluding steroid dienone is 2. The lowest BCUT2D eigenvalue weighted by Gasteiger charge is -2.19. The molecule has 1 unspecified atom stereocenters. The van der Waals surface area contributed by atoms with Gasteiger partial charge in [0.1, 0.15) is 0 Å². The molecule has 0 spiro atoms. The highest BCUT2D eigenvalue weighted by atomic mass is 15.3. The molecule has 3 heteroatoms. The van der Waals surface area contributed by atoms with E-state index >= 15 is 0 Å². The Morgan fingerprint density at radius 2 is 2.33 bits per heavy atom. The lowest BCUT2D eigenvalue weighted by molar-refractivity contribution is 0.297. The van der Waals surface area contributed by atoms with Gasteiger partial charge in [0.15, 0.2) is 0 Å². The van der Waals surface area contributed by atoms with Crippen LogP contribution in [0.2, 0.25) is 0 Å². The van der Waals surface area contributed by atoms with Gasteiger partial charge < -0.3 is 4.90 Å². The van der Waals surface area contributed by atoms with E-state index < -0.39 is 0 Å². The summed E-state index contributed by atoms with van der Waals surface area (Å²) in [4.78, 5) is 2.52. The average Bonchev–Trinajstić information content (AvgIpc) is 2.51. The molecule has 1 fully saturated rings. The van der Waals surface area contributed by atoms with Crippen LogP contribution >= 0.6 is 0 Å². The van der Waals surface area contributed by atoms with Gasteiger partial charge in [-0.3, -0.25) is 5.43 Å². The predicted octanol–water partition coefficient (Wildman–Crippen LogP) is 2.22. The van der Waals surface area contributed by atoms with Gasteiger partial charge in [0, 0.05) is 18.3 Å². The van der Waals surface area contributed by atoms with Crippen molar-refractivity contribution >= 4 is 6.72 Å². The molecule has 0 bridgehead atoms. The fourth-order valence-electron chi connectivity index (χ4n) is 2.27. The van der Waals surface area contributed by atoms with Crippen LogP contribution in [0.25, 0.3) is 0 Å². The Morgan fingerprint density at radius 1 is 1.53 bits per heavy atom. The van der Waals surface area contributed by atoms with E-state index in [9.17, 15) is 0 Å². The summed E-state index contributed by atoms with van der Waals surface area (Å²) in [5.74, 6) is 0.636. The van der Waals surface area contributed by atoms with E-state index in [1.54, 1.807) is 0 Å². The minimum absolute atomic E-state index is 0.636. The largest absolute Gasteiger partial charge is 0.304 e. The fraction of sp³-hybridized carbons (Fsp3) is 0.750. The van der Waals surface area contributed by atoms with Crippen LogP contribution in [0.15, 0.2) is 16.9 Å². The molecule has 86 valence electrons. The van der Waals surface area contributed by atoms with Crippen LogP contribution in [-0.4, -0.2) is 31.3 Å². The van der Waals surface area contributed by atoms with Crippen molar-refractivity contribution in [3.05, 3.63) is 11.8 Å². The van der Waals surface area contributed by atoms with Crippen molar-refractivity contribution in [3.8, 4) is 0 Å². The van der Waals surface area contributed by atoms with Crippen molar-refractivity contribution in [2.75, 3.05) is 19.6 Å². The molecule has 1 N–H and O–H groups in total. The number of rotatable bonds is 4. The molecule has 0 aliphatic carbocycles. The van der Waals surface area contributed by atoms with Gasteiger partial charge in [0.2, 0.25) is 0 Å². The maximum atomic E-state index is 3.77. The monoisotopic (exact) mass is 209 g/mol. The number of hydrazone groups is 1.